The number of para-hydroxylation sites is 1. The molecule has 10 heteroatoms. The molecular formula is C25H18BrClN2O4S2. The van der Waals surface area contributed by atoms with Gasteiger partial charge in [-0.2, -0.15) is 0 Å². The Hall–Kier alpha value is -2.85. The van der Waals surface area contributed by atoms with Crippen molar-refractivity contribution in [3.8, 4) is 11.5 Å². The van der Waals surface area contributed by atoms with Gasteiger partial charge in [-0.3, -0.25) is 14.5 Å². The van der Waals surface area contributed by atoms with Crippen LogP contribution in [-0.2, 0) is 9.59 Å². The van der Waals surface area contributed by atoms with Crippen LogP contribution in [0.1, 0.15) is 5.56 Å². The number of hydrogen-bond acceptors (Lipinski definition) is 6. The molecule has 2 amide bonds. The number of carbonyl (C=O) groups excluding carboxylic acids is 2. The first-order valence-electron chi connectivity index (χ1n) is 10.2. The molecule has 1 aliphatic heterocycles. The number of nitrogens with zero attached hydrogens (tertiary/aromatic N) is 1. The number of halogens is 2. The Labute approximate surface area is 225 Å². The highest BCUT2D eigenvalue weighted by atomic mass is 79.9. The topological polar surface area (TPSA) is 67.9 Å². The first kappa shape index (κ1) is 25.2. The molecule has 0 unspecified atom stereocenters. The lowest BCUT2D eigenvalue weighted by molar-refractivity contribution is -0.118. The molecule has 0 saturated carbocycles. The van der Waals surface area contributed by atoms with Gasteiger partial charge in [0.2, 0.25) is 0 Å². The molecule has 0 radical (unpaired) electrons. The van der Waals surface area contributed by atoms with Gasteiger partial charge >= 0.3 is 0 Å². The highest BCUT2D eigenvalue weighted by molar-refractivity contribution is 9.10. The molecule has 1 saturated heterocycles. The Bertz CT molecular complexity index is 1330. The van der Waals surface area contributed by atoms with Crippen LogP contribution in [0, 0.1) is 0 Å². The fourth-order valence-electron chi connectivity index (χ4n) is 3.22. The summed E-state index contributed by atoms with van der Waals surface area (Å²) in [4.78, 5) is 27.2. The second-order valence-electron chi connectivity index (χ2n) is 7.23. The Kier molecular flexibility index (Phi) is 8.12. The number of benzene rings is 3. The third-order valence-corrected chi connectivity index (χ3v) is 7.39. The maximum atomic E-state index is 13.1. The normalized spacial score (nSPS) is 14.4. The summed E-state index contributed by atoms with van der Waals surface area (Å²) < 4.78 is 12.2. The second-order valence-corrected chi connectivity index (χ2v) is 10.2. The Morgan fingerprint density at radius 2 is 1.91 bits per heavy atom. The molecule has 4 rings (SSSR count). The van der Waals surface area contributed by atoms with E-state index in [-0.39, 0.29) is 18.4 Å². The summed E-state index contributed by atoms with van der Waals surface area (Å²) in [6.45, 7) is -0.182. The summed E-state index contributed by atoms with van der Waals surface area (Å²) in [5, 5.41) is 3.24. The molecule has 0 bridgehead atoms. The lowest BCUT2D eigenvalue weighted by Gasteiger charge is -2.15. The number of anilines is 2. The van der Waals surface area contributed by atoms with Gasteiger partial charge in [-0.05, 0) is 70.0 Å². The predicted octanol–water partition coefficient (Wildman–Crippen LogP) is 6.53. The monoisotopic (exact) mass is 588 g/mol. The highest BCUT2D eigenvalue weighted by Crippen LogP contribution is 2.38. The van der Waals surface area contributed by atoms with Crippen molar-refractivity contribution in [3.05, 3.63) is 86.7 Å². The predicted molar refractivity (Wildman–Crippen MR) is 148 cm³/mol. The van der Waals surface area contributed by atoms with Crippen molar-refractivity contribution in [3.63, 3.8) is 0 Å². The van der Waals surface area contributed by atoms with Gasteiger partial charge in [0.15, 0.2) is 22.4 Å². The minimum Gasteiger partial charge on any atom is -0.493 e. The van der Waals surface area contributed by atoms with Crippen molar-refractivity contribution in [2.24, 2.45) is 0 Å². The van der Waals surface area contributed by atoms with Crippen molar-refractivity contribution in [1.29, 1.82) is 0 Å². The SMILES string of the molecule is COc1cc(/C=C2/SC(=S)N(c3ccc(Br)c(Cl)c3)C2=O)ccc1OCC(=O)Nc1ccccc1. The van der Waals surface area contributed by atoms with Crippen LogP contribution in [0.2, 0.25) is 5.02 Å². The zero-order chi connectivity index (χ0) is 24.9. The first-order chi connectivity index (χ1) is 16.9. The number of amides is 2. The van der Waals surface area contributed by atoms with Crippen LogP contribution in [0.15, 0.2) is 76.1 Å². The van der Waals surface area contributed by atoms with Gasteiger partial charge in [0, 0.05) is 10.2 Å². The van der Waals surface area contributed by atoms with Crippen molar-refractivity contribution >= 4 is 85.1 Å². The van der Waals surface area contributed by atoms with Crippen molar-refractivity contribution in [2.75, 3.05) is 23.9 Å². The number of carbonyl (C=O) groups is 2. The number of thiocarbonyl (C=S) groups is 1. The number of ether oxygens (including phenoxy) is 2. The molecule has 1 fully saturated rings. The molecule has 1 aliphatic rings. The molecule has 178 valence electrons. The average molecular weight is 590 g/mol. The molecule has 6 nitrogen and oxygen atoms in total. The van der Waals surface area contributed by atoms with E-state index >= 15 is 0 Å². The van der Waals surface area contributed by atoms with Crippen LogP contribution in [0.3, 0.4) is 0 Å². The Morgan fingerprint density at radius 1 is 1.14 bits per heavy atom. The van der Waals surface area contributed by atoms with Crippen molar-refractivity contribution in [2.45, 2.75) is 0 Å². The number of thioether (sulfide) groups is 1. The standard InChI is InChI=1S/C25H18BrClN2O4S2/c1-32-21-11-15(7-10-20(21)33-14-23(30)28-16-5-3-2-4-6-16)12-22-24(31)29(25(34)35-22)17-8-9-18(26)19(27)13-17/h2-13H,14H2,1H3,(H,28,30)/b22-12+. The molecule has 0 aliphatic carbocycles. The van der Waals surface area contributed by atoms with Crippen molar-refractivity contribution < 1.29 is 19.1 Å². The van der Waals surface area contributed by atoms with Gasteiger partial charge in [-0.25, -0.2) is 0 Å². The van der Waals surface area contributed by atoms with Gasteiger partial charge in [0.1, 0.15) is 0 Å². The molecular weight excluding hydrogens is 572 g/mol. The lowest BCUT2D eigenvalue weighted by Crippen LogP contribution is -2.27. The summed E-state index contributed by atoms with van der Waals surface area (Å²) >= 11 is 16.2. The van der Waals surface area contributed by atoms with E-state index in [1.165, 1.54) is 23.8 Å². The van der Waals surface area contributed by atoms with Gasteiger partial charge < -0.3 is 14.8 Å². The van der Waals surface area contributed by atoms with E-state index in [0.29, 0.717) is 37.1 Å². The largest absolute Gasteiger partial charge is 0.493 e. The summed E-state index contributed by atoms with van der Waals surface area (Å²) in [7, 11) is 1.51. The van der Waals surface area contributed by atoms with E-state index in [2.05, 4.69) is 21.2 Å². The minimum atomic E-state index is -0.293. The molecule has 1 N–H and O–H groups in total. The van der Waals surface area contributed by atoms with Crippen LogP contribution >= 0.6 is 51.5 Å². The first-order valence-corrected chi connectivity index (χ1v) is 12.6. The van der Waals surface area contributed by atoms with E-state index in [9.17, 15) is 9.59 Å². The maximum Gasteiger partial charge on any atom is 0.270 e. The zero-order valence-corrected chi connectivity index (χ0v) is 22.3. The zero-order valence-electron chi connectivity index (χ0n) is 18.3. The van der Waals surface area contributed by atoms with Gasteiger partial charge in [0.05, 0.1) is 22.7 Å². The fraction of sp³-hybridized carbons (Fsp3) is 0.0800. The molecule has 3 aromatic rings. The summed E-state index contributed by atoms with van der Waals surface area (Å²) in [5.74, 6) is 0.306. The molecule has 0 aromatic heterocycles. The van der Waals surface area contributed by atoms with E-state index in [1.807, 2.05) is 18.2 Å². The third kappa shape index (κ3) is 6.05. The molecule has 0 spiro atoms. The number of methoxy groups -OCH3 is 1. The smallest absolute Gasteiger partial charge is 0.270 e. The molecule has 1 heterocycles. The van der Waals surface area contributed by atoms with E-state index < -0.39 is 0 Å². The van der Waals surface area contributed by atoms with Crippen LogP contribution in [0.5, 0.6) is 11.5 Å². The minimum absolute atomic E-state index is 0.182. The van der Waals surface area contributed by atoms with Crippen LogP contribution in [0.25, 0.3) is 6.08 Å². The van der Waals surface area contributed by atoms with Crippen LogP contribution in [0.4, 0.5) is 11.4 Å². The van der Waals surface area contributed by atoms with E-state index in [1.54, 1.807) is 54.6 Å². The Morgan fingerprint density at radius 3 is 2.63 bits per heavy atom. The van der Waals surface area contributed by atoms with Gasteiger partial charge in [-0.15, -0.1) is 0 Å². The van der Waals surface area contributed by atoms with Gasteiger partial charge in [0.25, 0.3) is 11.8 Å². The molecule has 3 aromatic carbocycles. The number of rotatable bonds is 7. The Balaban J connectivity index is 1.47. The van der Waals surface area contributed by atoms with E-state index in [4.69, 9.17) is 33.3 Å². The van der Waals surface area contributed by atoms with E-state index in [0.717, 1.165) is 10.0 Å². The second kappa shape index (κ2) is 11.3. The summed E-state index contributed by atoms with van der Waals surface area (Å²) in [6, 6.07) is 19.5. The van der Waals surface area contributed by atoms with Gasteiger partial charge in [-0.1, -0.05) is 59.8 Å². The van der Waals surface area contributed by atoms with Crippen LogP contribution < -0.4 is 19.7 Å². The quantitative estimate of drug-likeness (QED) is 0.250. The third-order valence-electron chi connectivity index (χ3n) is 4.86. The average Bonchev–Trinajstić information content (AvgIpc) is 3.13. The number of nitrogens with one attached hydrogen (secondary N) is 1. The number of hydrogen-bond donors (Lipinski definition) is 1. The molecule has 35 heavy (non-hydrogen) atoms. The maximum absolute atomic E-state index is 13.1. The molecule has 0 atom stereocenters. The highest BCUT2D eigenvalue weighted by Gasteiger charge is 2.33. The summed E-state index contributed by atoms with van der Waals surface area (Å²) in [5.41, 5.74) is 2.00. The summed E-state index contributed by atoms with van der Waals surface area (Å²) in [6.07, 6.45) is 1.73. The lowest BCUT2D eigenvalue weighted by atomic mass is 10.2. The van der Waals surface area contributed by atoms with Crippen molar-refractivity contribution in [1.82, 2.24) is 0 Å². The van der Waals surface area contributed by atoms with Crippen LogP contribution in [-0.4, -0.2) is 29.9 Å². The fourth-order valence-corrected chi connectivity index (χ4v) is 4.94.